The quantitative estimate of drug-likeness (QED) is 0.0502. The van der Waals surface area contributed by atoms with Gasteiger partial charge >= 0.3 is 0 Å². The molecule has 0 spiro atoms. The van der Waals surface area contributed by atoms with Gasteiger partial charge in [-0.2, -0.15) is 34.2 Å². The van der Waals surface area contributed by atoms with Gasteiger partial charge in [-0.15, -0.1) is 0 Å². The maximum Gasteiger partial charge on any atom is 0.294 e. The van der Waals surface area contributed by atoms with Crippen LogP contribution in [0.5, 0.6) is 0 Å². The number of anilines is 1. The number of nitrogens with zero attached hydrogens (tertiary/aromatic N) is 2. The summed E-state index contributed by atoms with van der Waals surface area (Å²) in [6, 6.07) is 9.35. The second-order valence-corrected chi connectivity index (χ2v) is 19.6. The van der Waals surface area contributed by atoms with E-state index in [0.29, 0.717) is 53.2 Å². The van der Waals surface area contributed by atoms with Crippen LogP contribution >= 0.6 is 12.0 Å². The minimum Gasteiger partial charge on any atom is -0.336 e. The Kier molecular flexibility index (Phi) is 10.9. The number of hydrogen-bond donors (Lipinski definition) is 4. The van der Waals surface area contributed by atoms with Gasteiger partial charge in [-0.1, -0.05) is 29.9 Å². The number of Topliss-reactive ketones (excluding diaryl/α,β-unsaturated/α-hetero) is 2. The summed E-state index contributed by atoms with van der Waals surface area (Å²) >= 11 is 0.761. The highest BCUT2D eigenvalue weighted by Crippen LogP contribution is 2.56. The van der Waals surface area contributed by atoms with Crippen LogP contribution < -0.4 is 4.90 Å². The van der Waals surface area contributed by atoms with E-state index in [0.717, 1.165) is 40.0 Å². The molecule has 0 aromatic heterocycles. The van der Waals surface area contributed by atoms with Gasteiger partial charge in [0.15, 0.2) is 11.5 Å². The number of benzene rings is 2. The van der Waals surface area contributed by atoms with E-state index in [1.807, 2.05) is 51.1 Å². The van der Waals surface area contributed by atoms with Crippen LogP contribution in [-0.4, -0.2) is 90.6 Å². The summed E-state index contributed by atoms with van der Waals surface area (Å²) in [5, 5.41) is 9.02. The van der Waals surface area contributed by atoms with Crippen LogP contribution in [0.3, 0.4) is 0 Å². The molecule has 2 aliphatic carbocycles. The van der Waals surface area contributed by atoms with E-state index >= 15 is 0 Å². The van der Waals surface area contributed by atoms with E-state index < -0.39 is 70.8 Å². The second-order valence-electron chi connectivity index (χ2n) is 14.5. The lowest BCUT2D eigenvalue weighted by Crippen LogP contribution is -2.33. The van der Waals surface area contributed by atoms with Crippen molar-refractivity contribution in [1.82, 2.24) is 0 Å². The smallest absolute Gasteiger partial charge is 0.294 e. The Balaban J connectivity index is 1.36. The van der Waals surface area contributed by atoms with Crippen LogP contribution in [-0.2, 0) is 55.1 Å². The van der Waals surface area contributed by atoms with Crippen molar-refractivity contribution in [3.63, 3.8) is 0 Å². The van der Waals surface area contributed by atoms with Crippen LogP contribution in [0.2, 0.25) is 0 Å². The number of carbonyl (C=O) groups excluding carboxylic acids is 2. The highest BCUT2D eigenvalue weighted by molar-refractivity contribution is 7.94. The zero-order chi connectivity index (χ0) is 40.3. The van der Waals surface area contributed by atoms with Gasteiger partial charge < -0.3 is 4.90 Å². The fourth-order valence-electron chi connectivity index (χ4n) is 8.32. The summed E-state index contributed by atoms with van der Waals surface area (Å²) in [5.74, 6) is -3.60. The molecule has 4 aliphatic rings. The van der Waals surface area contributed by atoms with Crippen LogP contribution in [0.25, 0.3) is 0 Å². The van der Waals surface area contributed by atoms with Crippen LogP contribution in [0, 0.1) is 0 Å². The van der Waals surface area contributed by atoms with Crippen molar-refractivity contribution in [1.29, 1.82) is 0 Å². The van der Waals surface area contributed by atoms with Gasteiger partial charge in [0.2, 0.25) is 18.0 Å². The van der Waals surface area contributed by atoms with Crippen molar-refractivity contribution in [2.75, 3.05) is 29.5 Å². The fraction of sp³-hybridized carbons (Fsp3) is 0.361. The Morgan fingerprint density at radius 2 is 1.58 bits per heavy atom. The molecule has 19 heteroatoms. The van der Waals surface area contributed by atoms with Crippen molar-refractivity contribution in [3.05, 3.63) is 94.2 Å². The SMILES string of the molecule is CC(C=CC1=C2N(CC(=O)CS(=O)(=O)O)c3ccc(S(=O)(=O)O)cc3C2(C)CC1)=CC=C1CCC2(C)C1=[N+](CC(=O)CS(=O)(=O)O)c1ccc(SOO)cc12. The molecule has 2 atom stereocenters. The molecule has 1 fully saturated rings. The van der Waals surface area contributed by atoms with Crippen molar-refractivity contribution in [2.24, 2.45) is 0 Å². The minimum absolute atomic E-state index is 0.298. The Morgan fingerprint density at radius 1 is 0.909 bits per heavy atom. The van der Waals surface area contributed by atoms with Gasteiger partial charge in [-0.25, -0.2) is 5.26 Å². The van der Waals surface area contributed by atoms with Gasteiger partial charge in [0.05, 0.1) is 28.9 Å². The van der Waals surface area contributed by atoms with Crippen molar-refractivity contribution >= 4 is 71.1 Å². The number of rotatable bonds is 14. The van der Waals surface area contributed by atoms with Crippen molar-refractivity contribution in [2.45, 2.75) is 67.1 Å². The summed E-state index contributed by atoms with van der Waals surface area (Å²) in [5.41, 5.74) is 5.23. The molecule has 294 valence electrons. The number of hydrogen-bond acceptors (Lipinski definition) is 12. The average Bonchev–Trinajstić information content (AvgIpc) is 3.72. The topological polar surface area (TPSA) is 233 Å². The van der Waals surface area contributed by atoms with Gasteiger partial charge in [0.1, 0.15) is 11.5 Å². The van der Waals surface area contributed by atoms with Gasteiger partial charge in [-0.05, 0) is 87.9 Å². The first kappa shape index (κ1) is 40.9. The maximum absolute atomic E-state index is 12.9. The van der Waals surface area contributed by atoms with E-state index in [-0.39, 0.29) is 11.4 Å². The Morgan fingerprint density at radius 3 is 2.24 bits per heavy atom. The first-order chi connectivity index (χ1) is 25.5. The summed E-state index contributed by atoms with van der Waals surface area (Å²) in [7, 11) is -13.7. The maximum atomic E-state index is 12.9. The van der Waals surface area contributed by atoms with Gasteiger partial charge in [0.25, 0.3) is 30.4 Å². The summed E-state index contributed by atoms with van der Waals surface area (Å²) in [4.78, 5) is 27.6. The highest BCUT2D eigenvalue weighted by Gasteiger charge is 2.54. The molecule has 2 unspecified atom stereocenters. The van der Waals surface area contributed by atoms with Gasteiger partial charge in [0, 0.05) is 38.9 Å². The van der Waals surface area contributed by atoms with E-state index in [9.17, 15) is 48.5 Å². The Hall–Kier alpha value is -3.79. The standard InChI is InChI=1S/C36H38N2O13S4/c1-22(4-6-23-12-14-35(2)29-16-27(52-51-41)8-10-31(29)37(33(23)35)18-25(39)20-53(42,43)44)5-7-24-13-15-36(3)30-17-28(55(48,49)50)9-11-32(30)38(34(24)36)19-26(40)21-54(45,46)47/h4-11,16-17H,12-15,18-21H2,1-3H3,(H3-,41,42,43,44,45,46,47,48,49,50)/p+1. The normalized spacial score (nSPS) is 23.2. The highest BCUT2D eigenvalue weighted by atomic mass is 32.2. The summed E-state index contributed by atoms with van der Waals surface area (Å²) in [6.07, 6.45) is 9.90. The Bertz CT molecular complexity index is 2520. The molecule has 4 N–H and O–H groups in total. The van der Waals surface area contributed by atoms with E-state index in [1.165, 1.54) is 18.2 Å². The fourth-order valence-corrected chi connectivity index (χ4v) is 10.2. The first-order valence-electron chi connectivity index (χ1n) is 16.9. The van der Waals surface area contributed by atoms with Crippen LogP contribution in [0.1, 0.15) is 57.6 Å². The van der Waals surface area contributed by atoms with E-state index in [1.54, 1.807) is 21.6 Å². The molecule has 6 rings (SSSR count). The number of allylic oxidation sites excluding steroid dienone is 8. The van der Waals surface area contributed by atoms with E-state index in [4.69, 9.17) is 5.26 Å². The summed E-state index contributed by atoms with van der Waals surface area (Å²) < 4.78 is 105. The molecule has 2 aromatic carbocycles. The number of fused-ring (bicyclic) bond motifs is 6. The second kappa shape index (κ2) is 14.6. The molecule has 0 amide bonds. The lowest BCUT2D eigenvalue weighted by atomic mass is 9.81. The van der Waals surface area contributed by atoms with Crippen LogP contribution in [0.4, 0.5) is 11.4 Å². The van der Waals surface area contributed by atoms with Gasteiger partial charge in [-0.3, -0.25) is 23.2 Å². The molecule has 0 bridgehead atoms. The third kappa shape index (κ3) is 8.21. The van der Waals surface area contributed by atoms with Crippen LogP contribution in [0.15, 0.2) is 92.9 Å². The largest absolute Gasteiger partial charge is 0.336 e. The zero-order valence-corrected chi connectivity index (χ0v) is 33.2. The lowest BCUT2D eigenvalue weighted by Gasteiger charge is -2.26. The molecular weight excluding hydrogens is 797 g/mol. The molecule has 0 radical (unpaired) electrons. The molecular formula is C36H39N2O13S4+. The molecule has 15 nitrogen and oxygen atoms in total. The number of carbonyl (C=O) groups is 2. The third-order valence-corrected chi connectivity index (χ3v) is 13.3. The average molecular weight is 836 g/mol. The van der Waals surface area contributed by atoms with E-state index in [2.05, 4.69) is 4.33 Å². The molecule has 1 saturated carbocycles. The monoisotopic (exact) mass is 835 g/mol. The lowest BCUT2D eigenvalue weighted by molar-refractivity contribution is -0.424. The molecule has 2 aromatic rings. The zero-order valence-electron chi connectivity index (χ0n) is 29.9. The molecule has 2 heterocycles. The molecule has 55 heavy (non-hydrogen) atoms. The Labute approximate surface area is 323 Å². The molecule has 2 aliphatic heterocycles. The third-order valence-electron chi connectivity index (χ3n) is 10.6. The van der Waals surface area contributed by atoms with Crippen molar-refractivity contribution < 1.29 is 62.7 Å². The minimum atomic E-state index is -4.60. The summed E-state index contributed by atoms with van der Waals surface area (Å²) in [6.45, 7) is 5.08. The molecule has 0 saturated heterocycles. The predicted molar refractivity (Wildman–Crippen MR) is 203 cm³/mol. The van der Waals surface area contributed by atoms with Crippen molar-refractivity contribution in [3.8, 4) is 0 Å². The first-order valence-corrected chi connectivity index (χ1v) is 22.3. The number of ketones is 2. The predicted octanol–water partition coefficient (Wildman–Crippen LogP) is 4.75.